The van der Waals surface area contributed by atoms with Crippen molar-refractivity contribution in [2.45, 2.75) is 11.8 Å². The molecule has 0 fully saturated rings. The normalized spacial score (nSPS) is 12.6. The molecule has 0 aliphatic heterocycles. The van der Waals surface area contributed by atoms with Gasteiger partial charge in [0.05, 0.1) is 12.0 Å². The maximum absolute atomic E-state index is 10.5. The van der Waals surface area contributed by atoms with E-state index in [4.69, 9.17) is 34.8 Å². The van der Waals surface area contributed by atoms with Crippen LogP contribution < -0.4 is 0 Å². The van der Waals surface area contributed by atoms with E-state index in [1.165, 1.54) is 0 Å². The summed E-state index contributed by atoms with van der Waals surface area (Å²) in [5.41, 5.74) is 0. The lowest BCUT2D eigenvalue weighted by atomic mass is 10.3. The van der Waals surface area contributed by atoms with E-state index in [0.29, 0.717) is 12.3 Å². The predicted octanol–water partition coefficient (Wildman–Crippen LogP) is 2.00. The molecule has 0 amide bonds. The highest BCUT2D eigenvalue weighted by molar-refractivity contribution is 6.28. The highest BCUT2D eigenvalue weighted by Crippen LogP contribution is 2.04. The van der Waals surface area contributed by atoms with Crippen LogP contribution in [0, 0.1) is 0 Å². The Hall–Kier alpha value is 0.340. The van der Waals surface area contributed by atoms with Crippen LogP contribution in [0.1, 0.15) is 6.42 Å². The number of alkyl halides is 3. The number of carbonyl (C=O) groups excluding carboxylic acids is 1. The number of hydrogen-bond donors (Lipinski definition) is 0. The van der Waals surface area contributed by atoms with Gasteiger partial charge in [-0.05, 0) is 6.42 Å². The summed E-state index contributed by atoms with van der Waals surface area (Å²) in [4.78, 5) is 10.5. The van der Waals surface area contributed by atoms with Gasteiger partial charge in [-0.25, -0.2) is 0 Å². The molecule has 66 valence electrons. The van der Waals surface area contributed by atoms with Gasteiger partial charge in [0.15, 0.2) is 0 Å². The highest BCUT2D eigenvalue weighted by atomic mass is 35.5. The van der Waals surface area contributed by atoms with E-state index in [0.717, 1.165) is 0 Å². The van der Waals surface area contributed by atoms with Gasteiger partial charge in [-0.2, -0.15) is 0 Å². The molecular formula is C6H9Cl3O2. The smallest absolute Gasteiger partial charge is 0.320 e. The summed E-state index contributed by atoms with van der Waals surface area (Å²) in [5, 5.41) is -0.139. The number of esters is 1. The minimum atomic E-state index is -0.426. The molecule has 1 unspecified atom stereocenters. The second-order valence-electron chi connectivity index (χ2n) is 1.89. The first-order valence-electron chi connectivity index (χ1n) is 3.12. The lowest BCUT2D eigenvalue weighted by Crippen LogP contribution is -2.11. The second-order valence-corrected chi connectivity index (χ2v) is 3.09. The van der Waals surface area contributed by atoms with Crippen molar-refractivity contribution in [1.82, 2.24) is 0 Å². The van der Waals surface area contributed by atoms with E-state index in [2.05, 4.69) is 4.74 Å². The summed E-state index contributed by atoms with van der Waals surface area (Å²) in [7, 11) is 0. The maximum Gasteiger partial charge on any atom is 0.320 e. The average molecular weight is 219 g/mol. The van der Waals surface area contributed by atoms with Gasteiger partial charge in [0, 0.05) is 5.88 Å². The molecule has 0 saturated carbocycles. The van der Waals surface area contributed by atoms with E-state index < -0.39 is 5.97 Å². The number of ether oxygens (including phenoxy) is 1. The van der Waals surface area contributed by atoms with Gasteiger partial charge in [0.1, 0.15) is 5.88 Å². The van der Waals surface area contributed by atoms with Crippen LogP contribution in [0.5, 0.6) is 0 Å². The third kappa shape index (κ3) is 6.73. The van der Waals surface area contributed by atoms with Gasteiger partial charge in [-0.15, -0.1) is 34.8 Å². The van der Waals surface area contributed by atoms with Gasteiger partial charge in [-0.3, -0.25) is 4.79 Å². The molecular weight excluding hydrogens is 210 g/mol. The first-order valence-corrected chi connectivity index (χ1v) is 4.63. The summed E-state index contributed by atoms with van der Waals surface area (Å²) >= 11 is 16.2. The minimum Gasteiger partial charge on any atom is -0.465 e. The molecule has 11 heavy (non-hydrogen) atoms. The van der Waals surface area contributed by atoms with Crippen LogP contribution in [0.25, 0.3) is 0 Å². The molecule has 0 aromatic heterocycles. The molecule has 0 aliphatic carbocycles. The van der Waals surface area contributed by atoms with Crippen molar-refractivity contribution < 1.29 is 9.53 Å². The van der Waals surface area contributed by atoms with Gasteiger partial charge in [-0.1, -0.05) is 0 Å². The second kappa shape index (κ2) is 7.01. The molecule has 0 spiro atoms. The number of hydrogen-bond acceptors (Lipinski definition) is 2. The molecule has 0 aromatic carbocycles. The van der Waals surface area contributed by atoms with Crippen LogP contribution in [-0.2, 0) is 9.53 Å². The van der Waals surface area contributed by atoms with E-state index in [9.17, 15) is 4.79 Å². The fourth-order valence-electron chi connectivity index (χ4n) is 0.416. The average Bonchev–Trinajstić information content (AvgIpc) is 2.04. The first-order chi connectivity index (χ1) is 5.20. The SMILES string of the molecule is O=C(CCl)OCCC(Cl)CCl. The van der Waals surface area contributed by atoms with Gasteiger partial charge in [0.2, 0.25) is 0 Å². The quantitative estimate of drug-likeness (QED) is 0.522. The Morgan fingerprint density at radius 3 is 2.55 bits per heavy atom. The molecule has 2 nitrogen and oxygen atoms in total. The summed E-state index contributed by atoms with van der Waals surface area (Å²) in [6.07, 6.45) is 0.563. The Balaban J connectivity index is 3.20. The van der Waals surface area contributed by atoms with Gasteiger partial charge < -0.3 is 4.74 Å². The number of halogens is 3. The fraction of sp³-hybridized carbons (Fsp3) is 0.833. The minimum absolute atomic E-state index is 0.117. The Labute approximate surface area is 80.7 Å². The molecule has 0 N–H and O–H groups in total. The standard InChI is InChI=1S/C6H9Cl3O2/c7-3-5(9)1-2-11-6(10)4-8/h5H,1-4H2. The van der Waals surface area contributed by atoms with Crippen LogP contribution in [0.3, 0.4) is 0 Å². The van der Waals surface area contributed by atoms with E-state index in [1.54, 1.807) is 0 Å². The van der Waals surface area contributed by atoms with Gasteiger partial charge >= 0.3 is 5.97 Å². The molecule has 0 saturated heterocycles. The predicted molar refractivity (Wildman–Crippen MR) is 46.7 cm³/mol. The largest absolute Gasteiger partial charge is 0.465 e. The molecule has 0 heterocycles. The zero-order chi connectivity index (χ0) is 8.69. The van der Waals surface area contributed by atoms with E-state index >= 15 is 0 Å². The van der Waals surface area contributed by atoms with E-state index in [1.807, 2.05) is 0 Å². The molecule has 0 aliphatic rings. The summed E-state index contributed by atoms with van der Waals surface area (Å²) in [5.74, 6) is -0.182. The van der Waals surface area contributed by atoms with Crippen molar-refractivity contribution in [2.75, 3.05) is 18.4 Å². The van der Waals surface area contributed by atoms with Crippen molar-refractivity contribution in [3.05, 3.63) is 0 Å². The van der Waals surface area contributed by atoms with Gasteiger partial charge in [0.25, 0.3) is 0 Å². The highest BCUT2D eigenvalue weighted by Gasteiger charge is 2.04. The summed E-state index contributed by atoms with van der Waals surface area (Å²) < 4.78 is 4.65. The van der Waals surface area contributed by atoms with E-state index in [-0.39, 0.29) is 17.9 Å². The maximum atomic E-state index is 10.5. The zero-order valence-corrected chi connectivity index (χ0v) is 8.12. The zero-order valence-electron chi connectivity index (χ0n) is 5.86. The van der Waals surface area contributed by atoms with Crippen molar-refractivity contribution in [3.63, 3.8) is 0 Å². The Morgan fingerprint density at radius 1 is 1.45 bits per heavy atom. The van der Waals surface area contributed by atoms with Crippen LogP contribution in [-0.4, -0.2) is 29.7 Å². The Bertz CT molecular complexity index is 118. The van der Waals surface area contributed by atoms with Crippen molar-refractivity contribution in [2.24, 2.45) is 0 Å². The summed E-state index contributed by atoms with van der Waals surface area (Å²) in [6, 6.07) is 0. The summed E-state index contributed by atoms with van der Waals surface area (Å²) in [6.45, 7) is 0.284. The number of rotatable bonds is 5. The molecule has 0 aromatic rings. The third-order valence-corrected chi connectivity index (χ3v) is 2.09. The molecule has 5 heteroatoms. The first kappa shape index (κ1) is 11.3. The molecule has 0 bridgehead atoms. The molecule has 0 radical (unpaired) electrons. The fourth-order valence-corrected chi connectivity index (χ4v) is 0.737. The van der Waals surface area contributed by atoms with Crippen molar-refractivity contribution >= 4 is 40.8 Å². The topological polar surface area (TPSA) is 26.3 Å². The lowest BCUT2D eigenvalue weighted by Gasteiger charge is -2.04. The van der Waals surface area contributed by atoms with Crippen molar-refractivity contribution in [3.8, 4) is 0 Å². The van der Waals surface area contributed by atoms with Crippen LogP contribution in [0.15, 0.2) is 0 Å². The van der Waals surface area contributed by atoms with Crippen molar-refractivity contribution in [1.29, 1.82) is 0 Å². The molecule has 0 rings (SSSR count). The molecule has 1 atom stereocenters. The number of carbonyl (C=O) groups is 1. The van der Waals surface area contributed by atoms with Crippen LogP contribution in [0.4, 0.5) is 0 Å². The monoisotopic (exact) mass is 218 g/mol. The Kier molecular flexibility index (Phi) is 7.23. The third-order valence-electron chi connectivity index (χ3n) is 0.971. The van der Waals surface area contributed by atoms with Crippen LogP contribution in [0.2, 0.25) is 0 Å². The van der Waals surface area contributed by atoms with Crippen LogP contribution >= 0.6 is 34.8 Å². The Morgan fingerprint density at radius 2 is 2.09 bits per heavy atom. The lowest BCUT2D eigenvalue weighted by molar-refractivity contribution is -0.140.